The number of hydrogen-bond acceptors (Lipinski definition) is 2. The number of rotatable bonds is 2. The van der Waals surface area contributed by atoms with Crippen LogP contribution >= 0.6 is 0 Å². The van der Waals surface area contributed by atoms with Crippen LogP contribution in [0.1, 0.15) is 15.9 Å². The Labute approximate surface area is 120 Å². The number of benzene rings is 2. The van der Waals surface area contributed by atoms with Gasteiger partial charge < -0.3 is 5.11 Å². The molecule has 3 nitrogen and oxygen atoms in total. The molecule has 3 rings (SSSR count). The lowest BCUT2D eigenvalue weighted by atomic mass is 9.93. The SMILES string of the molecule is Cc1ccc2ccc(C(=O)O)cc2c1-c1ccncc1F. The number of aromatic nitrogens is 1. The Hall–Kier alpha value is -2.75. The van der Waals surface area contributed by atoms with E-state index in [4.69, 9.17) is 5.11 Å². The van der Waals surface area contributed by atoms with E-state index in [2.05, 4.69) is 4.98 Å². The molecule has 0 atom stereocenters. The maximum Gasteiger partial charge on any atom is 0.335 e. The molecule has 1 N–H and O–H groups in total. The van der Waals surface area contributed by atoms with Gasteiger partial charge in [0.2, 0.25) is 0 Å². The van der Waals surface area contributed by atoms with E-state index in [0.717, 1.165) is 22.5 Å². The molecule has 0 aliphatic heterocycles. The van der Waals surface area contributed by atoms with Gasteiger partial charge in [0.15, 0.2) is 0 Å². The Kier molecular flexibility index (Phi) is 3.14. The van der Waals surface area contributed by atoms with Gasteiger partial charge in [0.25, 0.3) is 0 Å². The van der Waals surface area contributed by atoms with Crippen molar-refractivity contribution in [2.24, 2.45) is 0 Å². The highest BCUT2D eigenvalue weighted by Gasteiger charge is 2.13. The van der Waals surface area contributed by atoms with Crippen LogP contribution in [0.2, 0.25) is 0 Å². The summed E-state index contributed by atoms with van der Waals surface area (Å²) in [6, 6.07) is 10.3. The Bertz CT molecular complexity index is 859. The van der Waals surface area contributed by atoms with Crippen LogP contribution in [0.25, 0.3) is 21.9 Å². The molecule has 0 aliphatic carbocycles. The van der Waals surface area contributed by atoms with Crippen LogP contribution in [-0.4, -0.2) is 16.1 Å². The Morgan fingerprint density at radius 3 is 2.67 bits per heavy atom. The van der Waals surface area contributed by atoms with E-state index in [9.17, 15) is 9.18 Å². The molecule has 0 fully saturated rings. The monoisotopic (exact) mass is 281 g/mol. The topological polar surface area (TPSA) is 50.2 Å². The Morgan fingerprint density at radius 1 is 1.19 bits per heavy atom. The molecular weight excluding hydrogens is 269 g/mol. The lowest BCUT2D eigenvalue weighted by Gasteiger charge is -2.12. The molecular formula is C17H12FNO2. The highest BCUT2D eigenvalue weighted by atomic mass is 19.1. The zero-order valence-corrected chi connectivity index (χ0v) is 11.3. The molecule has 4 heteroatoms. The third-order valence-corrected chi connectivity index (χ3v) is 3.52. The zero-order chi connectivity index (χ0) is 15.0. The zero-order valence-electron chi connectivity index (χ0n) is 11.3. The second-order valence-electron chi connectivity index (χ2n) is 4.85. The van der Waals surface area contributed by atoms with Crippen molar-refractivity contribution >= 4 is 16.7 Å². The first-order chi connectivity index (χ1) is 10.1. The summed E-state index contributed by atoms with van der Waals surface area (Å²) in [6.07, 6.45) is 2.69. The number of pyridine rings is 1. The maximum atomic E-state index is 14.1. The van der Waals surface area contributed by atoms with Crippen LogP contribution in [0.3, 0.4) is 0 Å². The highest BCUT2D eigenvalue weighted by molar-refractivity contribution is 6.02. The van der Waals surface area contributed by atoms with Gasteiger partial charge in [0.1, 0.15) is 5.82 Å². The summed E-state index contributed by atoms with van der Waals surface area (Å²) < 4.78 is 14.1. The van der Waals surface area contributed by atoms with Crippen molar-refractivity contribution in [1.29, 1.82) is 0 Å². The van der Waals surface area contributed by atoms with Crippen LogP contribution < -0.4 is 0 Å². The van der Waals surface area contributed by atoms with Crippen molar-refractivity contribution < 1.29 is 14.3 Å². The fourth-order valence-electron chi connectivity index (χ4n) is 2.50. The first kappa shape index (κ1) is 13.2. The molecule has 0 bridgehead atoms. The van der Waals surface area contributed by atoms with E-state index >= 15 is 0 Å². The van der Waals surface area contributed by atoms with Gasteiger partial charge >= 0.3 is 5.97 Å². The molecule has 3 aromatic rings. The maximum absolute atomic E-state index is 14.1. The quantitative estimate of drug-likeness (QED) is 0.771. The first-order valence-electron chi connectivity index (χ1n) is 6.44. The minimum atomic E-state index is -1.00. The van der Waals surface area contributed by atoms with Crippen LogP contribution in [0.15, 0.2) is 48.8 Å². The smallest absolute Gasteiger partial charge is 0.335 e. The van der Waals surface area contributed by atoms with Crippen molar-refractivity contribution in [3.63, 3.8) is 0 Å². The molecule has 1 heterocycles. The predicted octanol–water partition coefficient (Wildman–Crippen LogP) is 4.05. The largest absolute Gasteiger partial charge is 0.478 e. The molecule has 2 aromatic carbocycles. The van der Waals surface area contributed by atoms with Gasteiger partial charge in [-0.1, -0.05) is 18.2 Å². The molecule has 0 saturated heterocycles. The van der Waals surface area contributed by atoms with Gasteiger partial charge in [-0.15, -0.1) is 0 Å². The number of hydrogen-bond donors (Lipinski definition) is 1. The summed E-state index contributed by atoms with van der Waals surface area (Å²) >= 11 is 0. The standard InChI is InChI=1S/C17H12FNO2/c1-10-2-3-11-4-5-12(17(20)21)8-14(11)16(10)13-6-7-19-9-15(13)18/h2-9H,1H3,(H,20,21). The van der Waals surface area contributed by atoms with Crippen LogP contribution in [0.4, 0.5) is 4.39 Å². The van der Waals surface area contributed by atoms with E-state index < -0.39 is 11.8 Å². The van der Waals surface area contributed by atoms with Crippen molar-refractivity contribution in [2.75, 3.05) is 0 Å². The van der Waals surface area contributed by atoms with Crippen LogP contribution in [0.5, 0.6) is 0 Å². The second-order valence-corrected chi connectivity index (χ2v) is 4.85. The summed E-state index contributed by atoms with van der Waals surface area (Å²) in [5.41, 5.74) is 2.20. The molecule has 0 aliphatic rings. The summed E-state index contributed by atoms with van der Waals surface area (Å²) in [4.78, 5) is 14.9. The number of carboxylic acid groups (broad SMARTS) is 1. The molecule has 104 valence electrons. The number of aromatic carboxylic acids is 1. The Balaban J connectivity index is 2.40. The predicted molar refractivity (Wildman–Crippen MR) is 78.8 cm³/mol. The van der Waals surface area contributed by atoms with Crippen LogP contribution in [0, 0.1) is 12.7 Å². The number of carboxylic acids is 1. The van der Waals surface area contributed by atoms with E-state index in [1.165, 1.54) is 6.20 Å². The van der Waals surface area contributed by atoms with E-state index in [-0.39, 0.29) is 5.56 Å². The fourth-order valence-corrected chi connectivity index (χ4v) is 2.50. The third kappa shape index (κ3) is 2.25. The average molecular weight is 281 g/mol. The van der Waals surface area contributed by atoms with Crippen molar-refractivity contribution in [3.8, 4) is 11.1 Å². The molecule has 0 amide bonds. The third-order valence-electron chi connectivity index (χ3n) is 3.52. The number of halogens is 1. The molecule has 0 radical (unpaired) electrons. The van der Waals surface area contributed by atoms with Gasteiger partial charge in [-0.3, -0.25) is 4.98 Å². The van der Waals surface area contributed by atoms with Gasteiger partial charge in [0.05, 0.1) is 11.8 Å². The minimum absolute atomic E-state index is 0.184. The number of nitrogens with zero attached hydrogens (tertiary/aromatic N) is 1. The van der Waals surface area contributed by atoms with Crippen molar-refractivity contribution in [2.45, 2.75) is 6.92 Å². The number of fused-ring (bicyclic) bond motifs is 1. The lowest BCUT2D eigenvalue weighted by Crippen LogP contribution is -1.97. The molecule has 21 heavy (non-hydrogen) atoms. The molecule has 0 unspecified atom stereocenters. The average Bonchev–Trinajstić information content (AvgIpc) is 2.48. The Morgan fingerprint density at radius 2 is 1.95 bits per heavy atom. The lowest BCUT2D eigenvalue weighted by molar-refractivity contribution is 0.0697. The van der Waals surface area contributed by atoms with Gasteiger partial charge in [-0.2, -0.15) is 0 Å². The minimum Gasteiger partial charge on any atom is -0.478 e. The normalized spacial score (nSPS) is 10.8. The fraction of sp³-hybridized carbons (Fsp3) is 0.0588. The van der Waals surface area contributed by atoms with E-state index in [0.29, 0.717) is 11.1 Å². The van der Waals surface area contributed by atoms with Gasteiger partial charge in [-0.25, -0.2) is 9.18 Å². The summed E-state index contributed by atoms with van der Waals surface area (Å²) in [5, 5.41) is 10.7. The summed E-state index contributed by atoms with van der Waals surface area (Å²) in [5.74, 6) is -1.42. The molecule has 0 spiro atoms. The number of carbonyl (C=O) groups is 1. The van der Waals surface area contributed by atoms with E-state index in [1.54, 1.807) is 24.3 Å². The highest BCUT2D eigenvalue weighted by Crippen LogP contribution is 2.33. The summed E-state index contributed by atoms with van der Waals surface area (Å²) in [6.45, 7) is 1.88. The van der Waals surface area contributed by atoms with Gasteiger partial charge in [0, 0.05) is 11.8 Å². The summed E-state index contributed by atoms with van der Waals surface area (Å²) in [7, 11) is 0. The number of aryl methyl sites for hydroxylation is 1. The van der Waals surface area contributed by atoms with Crippen LogP contribution in [-0.2, 0) is 0 Å². The van der Waals surface area contributed by atoms with Crippen molar-refractivity contribution in [1.82, 2.24) is 4.98 Å². The first-order valence-corrected chi connectivity index (χ1v) is 6.44. The molecule has 1 aromatic heterocycles. The second kappa shape index (κ2) is 4.98. The van der Waals surface area contributed by atoms with E-state index in [1.807, 2.05) is 19.1 Å². The molecule has 0 saturated carbocycles. The van der Waals surface area contributed by atoms with Crippen molar-refractivity contribution in [3.05, 3.63) is 65.7 Å². The van der Waals surface area contributed by atoms with Gasteiger partial charge in [-0.05, 0) is 47.0 Å².